The standard InChI is InChI=1S/C7H15NO2S2/c1-11-7-4-3-5-8(6-7)12(2,9)10/h7H,3-6H2,1-2H3. The first-order valence-corrected chi connectivity index (χ1v) is 7.15. The minimum atomic E-state index is -2.95. The lowest BCUT2D eigenvalue weighted by atomic mass is 10.2. The van der Waals surface area contributed by atoms with Gasteiger partial charge in [0.05, 0.1) is 6.26 Å². The molecule has 0 aromatic heterocycles. The van der Waals surface area contributed by atoms with Crippen LogP contribution >= 0.6 is 11.8 Å². The fourth-order valence-corrected chi connectivity index (χ4v) is 3.14. The van der Waals surface area contributed by atoms with Crippen LogP contribution in [0.3, 0.4) is 0 Å². The largest absolute Gasteiger partial charge is 0.213 e. The summed E-state index contributed by atoms with van der Waals surface area (Å²) in [4.78, 5) is 0. The van der Waals surface area contributed by atoms with E-state index in [-0.39, 0.29) is 0 Å². The summed E-state index contributed by atoms with van der Waals surface area (Å²) >= 11 is 1.76. The number of thioether (sulfide) groups is 1. The summed E-state index contributed by atoms with van der Waals surface area (Å²) in [5.41, 5.74) is 0. The molecule has 1 saturated heterocycles. The van der Waals surface area contributed by atoms with E-state index in [1.807, 2.05) is 6.26 Å². The van der Waals surface area contributed by atoms with E-state index in [0.29, 0.717) is 18.3 Å². The summed E-state index contributed by atoms with van der Waals surface area (Å²) < 4.78 is 23.9. The highest BCUT2D eigenvalue weighted by Gasteiger charge is 2.24. The Morgan fingerprint density at radius 2 is 2.17 bits per heavy atom. The van der Waals surface area contributed by atoms with Gasteiger partial charge in [0.2, 0.25) is 10.0 Å². The van der Waals surface area contributed by atoms with E-state index in [4.69, 9.17) is 0 Å². The lowest BCUT2D eigenvalue weighted by Crippen LogP contribution is -2.40. The summed E-state index contributed by atoms with van der Waals surface area (Å²) in [6, 6.07) is 0. The van der Waals surface area contributed by atoms with Gasteiger partial charge in [0.1, 0.15) is 0 Å². The molecule has 1 rings (SSSR count). The van der Waals surface area contributed by atoms with Gasteiger partial charge in [0.25, 0.3) is 0 Å². The van der Waals surface area contributed by atoms with E-state index in [1.165, 1.54) is 6.26 Å². The van der Waals surface area contributed by atoms with Crippen molar-refractivity contribution in [2.75, 3.05) is 25.6 Å². The molecule has 0 aliphatic carbocycles. The Hall–Kier alpha value is 0.260. The van der Waals surface area contributed by atoms with Crippen LogP contribution in [-0.2, 0) is 10.0 Å². The maximum atomic E-state index is 11.2. The van der Waals surface area contributed by atoms with Gasteiger partial charge in [-0.2, -0.15) is 11.8 Å². The van der Waals surface area contributed by atoms with E-state index in [2.05, 4.69) is 0 Å². The molecule has 12 heavy (non-hydrogen) atoms. The maximum absolute atomic E-state index is 11.2. The summed E-state index contributed by atoms with van der Waals surface area (Å²) in [5, 5.41) is 0.494. The van der Waals surface area contributed by atoms with Crippen LogP contribution in [0, 0.1) is 0 Å². The Labute approximate surface area is 78.6 Å². The average Bonchev–Trinajstić information content (AvgIpc) is 2.03. The second-order valence-electron chi connectivity index (χ2n) is 3.12. The quantitative estimate of drug-likeness (QED) is 0.674. The molecule has 0 aromatic rings. The smallest absolute Gasteiger partial charge is 0.211 e. The van der Waals surface area contributed by atoms with Gasteiger partial charge < -0.3 is 0 Å². The van der Waals surface area contributed by atoms with E-state index >= 15 is 0 Å². The molecule has 1 atom stereocenters. The fraction of sp³-hybridized carbons (Fsp3) is 1.00. The van der Waals surface area contributed by atoms with Crippen molar-refractivity contribution < 1.29 is 8.42 Å². The Morgan fingerprint density at radius 3 is 2.67 bits per heavy atom. The molecule has 0 spiro atoms. The Morgan fingerprint density at radius 1 is 1.50 bits per heavy atom. The highest BCUT2D eigenvalue weighted by molar-refractivity contribution is 7.99. The molecule has 1 aliphatic rings. The predicted octanol–water partition coefficient (Wildman–Crippen LogP) is 0.773. The van der Waals surface area contributed by atoms with Crippen molar-refractivity contribution in [2.24, 2.45) is 0 Å². The van der Waals surface area contributed by atoms with Crippen LogP contribution in [0.25, 0.3) is 0 Å². The number of hydrogen-bond donors (Lipinski definition) is 0. The normalized spacial score (nSPS) is 27.3. The number of hydrogen-bond acceptors (Lipinski definition) is 3. The zero-order chi connectivity index (χ0) is 9.19. The van der Waals surface area contributed by atoms with Gasteiger partial charge in [-0.1, -0.05) is 0 Å². The molecule has 0 radical (unpaired) electrons. The lowest BCUT2D eigenvalue weighted by Gasteiger charge is -2.29. The molecule has 1 heterocycles. The van der Waals surface area contributed by atoms with Gasteiger partial charge in [-0.15, -0.1) is 0 Å². The Bertz CT molecular complexity index is 238. The van der Waals surface area contributed by atoms with E-state index in [9.17, 15) is 8.42 Å². The van der Waals surface area contributed by atoms with Crippen molar-refractivity contribution in [2.45, 2.75) is 18.1 Å². The molecular formula is C7H15NO2S2. The van der Waals surface area contributed by atoms with E-state index < -0.39 is 10.0 Å². The zero-order valence-corrected chi connectivity index (χ0v) is 9.12. The third-order valence-electron chi connectivity index (χ3n) is 2.14. The fourth-order valence-electron chi connectivity index (χ4n) is 1.40. The molecule has 1 aliphatic heterocycles. The van der Waals surface area contributed by atoms with Gasteiger partial charge in [-0.3, -0.25) is 0 Å². The highest BCUT2D eigenvalue weighted by atomic mass is 32.2. The third-order valence-corrected chi connectivity index (χ3v) is 4.46. The molecule has 72 valence electrons. The van der Waals surface area contributed by atoms with Crippen LogP contribution in [0.1, 0.15) is 12.8 Å². The van der Waals surface area contributed by atoms with Crippen LogP contribution in [0.4, 0.5) is 0 Å². The van der Waals surface area contributed by atoms with Crippen LogP contribution in [-0.4, -0.2) is 43.6 Å². The minimum absolute atomic E-state index is 0.494. The molecule has 0 N–H and O–H groups in total. The van der Waals surface area contributed by atoms with E-state index in [0.717, 1.165) is 12.8 Å². The number of piperidine rings is 1. The Kier molecular flexibility index (Phi) is 3.43. The molecule has 1 unspecified atom stereocenters. The maximum Gasteiger partial charge on any atom is 0.211 e. The number of sulfonamides is 1. The monoisotopic (exact) mass is 209 g/mol. The van der Waals surface area contributed by atoms with Crippen molar-refractivity contribution in [3.63, 3.8) is 0 Å². The van der Waals surface area contributed by atoms with Crippen molar-refractivity contribution in [3.05, 3.63) is 0 Å². The van der Waals surface area contributed by atoms with Crippen LogP contribution in [0.5, 0.6) is 0 Å². The number of nitrogens with zero attached hydrogens (tertiary/aromatic N) is 1. The summed E-state index contributed by atoms with van der Waals surface area (Å²) in [7, 11) is -2.95. The molecule has 5 heteroatoms. The van der Waals surface area contributed by atoms with Crippen molar-refractivity contribution in [1.29, 1.82) is 0 Å². The minimum Gasteiger partial charge on any atom is -0.213 e. The summed E-state index contributed by atoms with van der Waals surface area (Å²) in [6.45, 7) is 1.40. The third kappa shape index (κ3) is 2.64. The predicted molar refractivity (Wildman–Crippen MR) is 53.0 cm³/mol. The lowest BCUT2D eigenvalue weighted by molar-refractivity contribution is 0.356. The number of rotatable bonds is 2. The van der Waals surface area contributed by atoms with Gasteiger partial charge >= 0.3 is 0 Å². The van der Waals surface area contributed by atoms with E-state index in [1.54, 1.807) is 16.1 Å². The highest BCUT2D eigenvalue weighted by Crippen LogP contribution is 2.21. The SMILES string of the molecule is CSC1CCCN(S(C)(=O)=O)C1. The van der Waals surface area contributed by atoms with Crippen molar-refractivity contribution in [1.82, 2.24) is 4.31 Å². The molecule has 0 saturated carbocycles. The van der Waals surface area contributed by atoms with Crippen LogP contribution in [0.2, 0.25) is 0 Å². The Balaban J connectivity index is 2.58. The van der Waals surface area contributed by atoms with Crippen molar-refractivity contribution in [3.8, 4) is 0 Å². The van der Waals surface area contributed by atoms with Gasteiger partial charge in [-0.25, -0.2) is 12.7 Å². The molecular weight excluding hydrogens is 194 g/mol. The first-order chi connectivity index (χ1) is 5.54. The second kappa shape index (κ2) is 3.98. The topological polar surface area (TPSA) is 37.4 Å². The van der Waals surface area contributed by atoms with Crippen LogP contribution < -0.4 is 0 Å². The van der Waals surface area contributed by atoms with Gasteiger partial charge in [0.15, 0.2) is 0 Å². The van der Waals surface area contributed by atoms with Crippen LogP contribution in [0.15, 0.2) is 0 Å². The first-order valence-electron chi connectivity index (χ1n) is 4.02. The molecule has 3 nitrogen and oxygen atoms in total. The average molecular weight is 209 g/mol. The first kappa shape index (κ1) is 10.3. The molecule has 0 amide bonds. The van der Waals surface area contributed by atoms with Gasteiger partial charge in [-0.05, 0) is 19.1 Å². The van der Waals surface area contributed by atoms with Crippen molar-refractivity contribution >= 4 is 21.8 Å². The van der Waals surface area contributed by atoms with Gasteiger partial charge in [0, 0.05) is 18.3 Å². The summed E-state index contributed by atoms with van der Waals surface area (Å²) in [6.07, 6.45) is 5.47. The second-order valence-corrected chi connectivity index (χ2v) is 6.24. The zero-order valence-electron chi connectivity index (χ0n) is 7.49. The molecule has 1 fully saturated rings. The summed E-state index contributed by atoms with van der Waals surface area (Å²) in [5.74, 6) is 0. The molecule has 0 bridgehead atoms. The molecule has 0 aromatic carbocycles.